The number of rotatable bonds is 7. The summed E-state index contributed by atoms with van der Waals surface area (Å²) in [7, 11) is 0. The Kier molecular flexibility index (Phi) is 6.23. The zero-order valence-corrected chi connectivity index (χ0v) is 19.8. The second kappa shape index (κ2) is 9.62. The lowest BCUT2D eigenvalue weighted by atomic mass is 9.88. The third kappa shape index (κ3) is 4.03. The molecule has 2 unspecified atom stereocenters. The molecular weight excluding hydrogens is 442 g/mol. The van der Waals surface area contributed by atoms with Gasteiger partial charge >= 0.3 is 5.97 Å². The van der Waals surface area contributed by atoms with Crippen LogP contribution in [0.25, 0.3) is 11.0 Å². The van der Waals surface area contributed by atoms with Crippen LogP contribution in [0.1, 0.15) is 31.0 Å². The predicted molar refractivity (Wildman–Crippen MR) is 133 cm³/mol. The number of para-hydroxylation sites is 3. The molecule has 5 rings (SSSR count). The highest BCUT2D eigenvalue weighted by atomic mass is 16.5. The Bertz CT molecular complexity index is 1370. The number of imidazole rings is 1. The highest BCUT2D eigenvalue weighted by Crippen LogP contribution is 2.44. The minimum Gasteiger partial charge on any atom is -0.494 e. The van der Waals surface area contributed by atoms with Crippen molar-refractivity contribution in [3.05, 3.63) is 90.0 Å². The van der Waals surface area contributed by atoms with Crippen LogP contribution < -0.4 is 9.64 Å². The Balaban J connectivity index is 1.77. The molecular formula is C28H27N3O4. The Hall–Kier alpha value is -4.13. The van der Waals surface area contributed by atoms with Crippen LogP contribution in [0.3, 0.4) is 0 Å². The van der Waals surface area contributed by atoms with E-state index < -0.39 is 17.9 Å². The average molecular weight is 470 g/mol. The number of benzene rings is 3. The van der Waals surface area contributed by atoms with Gasteiger partial charge in [-0.3, -0.25) is 14.5 Å². The van der Waals surface area contributed by atoms with Crippen molar-refractivity contribution in [2.75, 3.05) is 18.1 Å². The molecule has 1 aromatic heterocycles. The molecule has 1 aliphatic heterocycles. The number of ether oxygens (including phenoxy) is 2. The van der Waals surface area contributed by atoms with E-state index in [1.54, 1.807) is 11.8 Å². The molecule has 7 nitrogen and oxygen atoms in total. The van der Waals surface area contributed by atoms with Gasteiger partial charge in [0.2, 0.25) is 11.9 Å². The zero-order chi connectivity index (χ0) is 24.4. The van der Waals surface area contributed by atoms with Crippen molar-refractivity contribution in [1.82, 2.24) is 9.55 Å². The van der Waals surface area contributed by atoms with E-state index in [0.717, 1.165) is 22.2 Å². The molecule has 1 aliphatic rings. The van der Waals surface area contributed by atoms with Crippen molar-refractivity contribution in [3.63, 3.8) is 0 Å². The van der Waals surface area contributed by atoms with Crippen molar-refractivity contribution in [1.29, 1.82) is 0 Å². The van der Waals surface area contributed by atoms with Gasteiger partial charge in [0.25, 0.3) is 0 Å². The van der Waals surface area contributed by atoms with Gasteiger partial charge in [0.05, 0.1) is 36.8 Å². The van der Waals surface area contributed by atoms with Crippen LogP contribution in [-0.2, 0) is 20.9 Å². The fourth-order valence-corrected chi connectivity index (χ4v) is 4.75. The van der Waals surface area contributed by atoms with Gasteiger partial charge < -0.3 is 14.0 Å². The van der Waals surface area contributed by atoms with E-state index in [1.807, 2.05) is 90.4 Å². The molecule has 0 saturated carbocycles. The van der Waals surface area contributed by atoms with Crippen molar-refractivity contribution < 1.29 is 19.1 Å². The van der Waals surface area contributed by atoms with Crippen molar-refractivity contribution in [3.8, 4) is 5.75 Å². The minimum atomic E-state index is -1.09. The van der Waals surface area contributed by atoms with Gasteiger partial charge in [0, 0.05) is 5.56 Å². The lowest BCUT2D eigenvalue weighted by Crippen LogP contribution is -2.49. The summed E-state index contributed by atoms with van der Waals surface area (Å²) in [5, 5.41) is 0. The second-order valence-corrected chi connectivity index (χ2v) is 8.33. The van der Waals surface area contributed by atoms with Gasteiger partial charge in [-0.25, -0.2) is 4.98 Å². The zero-order valence-electron chi connectivity index (χ0n) is 19.8. The van der Waals surface area contributed by atoms with Crippen molar-refractivity contribution in [2.45, 2.75) is 26.4 Å². The molecule has 35 heavy (non-hydrogen) atoms. The summed E-state index contributed by atoms with van der Waals surface area (Å²) < 4.78 is 13.4. The number of carbonyl (C=O) groups is 2. The summed E-state index contributed by atoms with van der Waals surface area (Å²) in [4.78, 5) is 33.9. The molecule has 0 bridgehead atoms. The molecule has 2 atom stereocenters. The first-order chi connectivity index (χ1) is 17.1. The third-order valence-corrected chi connectivity index (χ3v) is 6.21. The Morgan fingerprint density at radius 3 is 2.40 bits per heavy atom. The predicted octanol–water partition coefficient (Wildman–Crippen LogP) is 4.75. The number of hydrogen-bond acceptors (Lipinski definition) is 5. The van der Waals surface area contributed by atoms with Gasteiger partial charge in [0.15, 0.2) is 5.92 Å². The maximum absolute atomic E-state index is 14.1. The van der Waals surface area contributed by atoms with Crippen LogP contribution >= 0.6 is 0 Å². The van der Waals surface area contributed by atoms with E-state index >= 15 is 0 Å². The smallest absolute Gasteiger partial charge is 0.321 e. The van der Waals surface area contributed by atoms with E-state index in [-0.39, 0.29) is 12.5 Å². The van der Waals surface area contributed by atoms with E-state index in [2.05, 4.69) is 0 Å². The Morgan fingerprint density at radius 2 is 1.63 bits per heavy atom. The highest BCUT2D eigenvalue weighted by Gasteiger charge is 2.48. The number of carbonyl (C=O) groups excluding carboxylic acids is 2. The van der Waals surface area contributed by atoms with Crippen LogP contribution in [0.2, 0.25) is 0 Å². The van der Waals surface area contributed by atoms with Crippen molar-refractivity contribution in [2.24, 2.45) is 5.92 Å². The number of esters is 1. The van der Waals surface area contributed by atoms with E-state index in [9.17, 15) is 9.59 Å². The molecule has 4 aromatic rings. The first-order valence-corrected chi connectivity index (χ1v) is 11.8. The number of nitrogens with zero attached hydrogens (tertiary/aromatic N) is 3. The van der Waals surface area contributed by atoms with Gasteiger partial charge in [-0.1, -0.05) is 60.7 Å². The number of amides is 1. The summed E-state index contributed by atoms with van der Waals surface area (Å²) in [6.45, 7) is 4.58. The van der Waals surface area contributed by atoms with Crippen LogP contribution in [0, 0.1) is 5.92 Å². The summed E-state index contributed by atoms with van der Waals surface area (Å²) in [5.74, 6) is -0.869. The Labute approximate surface area is 203 Å². The SMILES string of the molecule is CCOC(=O)C1C(=O)N(Cc2ccccc2)c2nc3ccccc3n2C1c1ccccc1OCC. The maximum Gasteiger partial charge on any atom is 0.321 e. The standard InChI is InChI=1S/C28H27N3O4/c1-3-34-23-17-11-8-14-20(23)25-24(27(33)35-4-2)26(32)30(18-19-12-6-5-7-13-19)28-29-21-15-9-10-16-22(21)31(25)28/h5-17,24-25H,3-4,18H2,1-2H3. The van der Waals surface area contributed by atoms with Gasteiger partial charge in [-0.05, 0) is 37.6 Å². The maximum atomic E-state index is 14.1. The van der Waals surface area contributed by atoms with Gasteiger partial charge in [-0.2, -0.15) is 0 Å². The molecule has 0 radical (unpaired) electrons. The topological polar surface area (TPSA) is 73.7 Å². The molecule has 7 heteroatoms. The first kappa shape index (κ1) is 22.7. The molecule has 2 heterocycles. The lowest BCUT2D eigenvalue weighted by molar-refractivity contribution is -0.153. The fraction of sp³-hybridized carbons (Fsp3) is 0.250. The molecule has 3 aromatic carbocycles. The molecule has 0 spiro atoms. The number of anilines is 1. The van der Waals surface area contributed by atoms with E-state index in [1.165, 1.54) is 0 Å². The summed E-state index contributed by atoms with van der Waals surface area (Å²) in [5.41, 5.74) is 3.26. The van der Waals surface area contributed by atoms with Crippen molar-refractivity contribution >= 4 is 28.9 Å². The minimum absolute atomic E-state index is 0.179. The Morgan fingerprint density at radius 1 is 0.914 bits per heavy atom. The van der Waals surface area contributed by atoms with Crippen LogP contribution in [0.4, 0.5) is 5.95 Å². The monoisotopic (exact) mass is 469 g/mol. The third-order valence-electron chi connectivity index (χ3n) is 6.21. The van der Waals surface area contributed by atoms with Crippen LogP contribution in [0.5, 0.6) is 5.75 Å². The number of hydrogen-bond donors (Lipinski definition) is 0. The number of fused-ring (bicyclic) bond motifs is 3. The average Bonchev–Trinajstić information content (AvgIpc) is 3.26. The second-order valence-electron chi connectivity index (χ2n) is 8.33. The molecule has 178 valence electrons. The molecule has 0 aliphatic carbocycles. The first-order valence-electron chi connectivity index (χ1n) is 11.8. The quantitative estimate of drug-likeness (QED) is 0.288. The normalized spacial score (nSPS) is 17.3. The van der Waals surface area contributed by atoms with Gasteiger partial charge in [-0.15, -0.1) is 0 Å². The fourth-order valence-electron chi connectivity index (χ4n) is 4.75. The lowest BCUT2D eigenvalue weighted by Gasteiger charge is -2.38. The number of aromatic nitrogens is 2. The molecule has 0 N–H and O–H groups in total. The van der Waals surface area contributed by atoms with Crippen LogP contribution in [-0.4, -0.2) is 34.6 Å². The summed E-state index contributed by atoms with van der Waals surface area (Å²) >= 11 is 0. The molecule has 1 amide bonds. The molecule has 0 fully saturated rings. The molecule has 0 saturated heterocycles. The summed E-state index contributed by atoms with van der Waals surface area (Å²) in [6, 6.07) is 24.3. The summed E-state index contributed by atoms with van der Waals surface area (Å²) in [6.07, 6.45) is 0. The van der Waals surface area contributed by atoms with Crippen LogP contribution in [0.15, 0.2) is 78.9 Å². The highest BCUT2D eigenvalue weighted by molar-refractivity contribution is 6.08. The van der Waals surface area contributed by atoms with E-state index in [4.69, 9.17) is 14.5 Å². The van der Waals surface area contributed by atoms with E-state index in [0.29, 0.717) is 24.8 Å². The largest absolute Gasteiger partial charge is 0.494 e. The van der Waals surface area contributed by atoms with Gasteiger partial charge in [0.1, 0.15) is 5.75 Å².